The van der Waals surface area contributed by atoms with Gasteiger partial charge in [-0.3, -0.25) is 0 Å². The van der Waals surface area contributed by atoms with Crippen LogP contribution in [0.2, 0.25) is 0 Å². The van der Waals surface area contributed by atoms with Crippen molar-refractivity contribution in [2.75, 3.05) is 26.2 Å². The number of likely N-dealkylation sites (tertiary alicyclic amines) is 2. The topological polar surface area (TPSA) is 72.9 Å². The molecule has 0 bridgehead atoms. The Labute approximate surface area is 107 Å². The summed E-state index contributed by atoms with van der Waals surface area (Å²) in [6, 6.07) is 0.122. The van der Waals surface area contributed by atoms with Gasteiger partial charge in [0.1, 0.15) is 0 Å². The highest BCUT2D eigenvalue weighted by atomic mass is 16.4. The Kier molecular flexibility index (Phi) is 4.28. The SMILES string of the molecule is O=C(O)NC1CCN(C(=O)N2CCCCC2)CC1. The number of carbonyl (C=O) groups is 2. The molecular weight excluding hydrogens is 234 g/mol. The average molecular weight is 255 g/mol. The second-order valence-corrected chi connectivity index (χ2v) is 5.04. The molecule has 2 rings (SSSR count). The average Bonchev–Trinajstić information content (AvgIpc) is 2.39. The van der Waals surface area contributed by atoms with Crippen molar-refractivity contribution < 1.29 is 14.7 Å². The maximum absolute atomic E-state index is 12.2. The first-order valence-electron chi connectivity index (χ1n) is 6.70. The highest BCUT2D eigenvalue weighted by Gasteiger charge is 2.27. The molecule has 6 heteroatoms. The van der Waals surface area contributed by atoms with Gasteiger partial charge in [0.05, 0.1) is 0 Å². The van der Waals surface area contributed by atoms with Crippen molar-refractivity contribution in [1.29, 1.82) is 0 Å². The van der Waals surface area contributed by atoms with Crippen molar-refractivity contribution in [3.05, 3.63) is 0 Å². The second kappa shape index (κ2) is 5.93. The van der Waals surface area contributed by atoms with E-state index < -0.39 is 6.09 Å². The minimum absolute atomic E-state index is 0.00657. The zero-order valence-electron chi connectivity index (χ0n) is 10.6. The molecule has 2 saturated heterocycles. The van der Waals surface area contributed by atoms with Crippen molar-refractivity contribution >= 4 is 12.1 Å². The third kappa shape index (κ3) is 3.27. The lowest BCUT2D eigenvalue weighted by Crippen LogP contribution is -2.51. The minimum atomic E-state index is -0.976. The number of hydrogen-bond donors (Lipinski definition) is 2. The Morgan fingerprint density at radius 1 is 0.944 bits per heavy atom. The first kappa shape index (κ1) is 13.0. The van der Waals surface area contributed by atoms with Crippen molar-refractivity contribution in [2.24, 2.45) is 0 Å². The van der Waals surface area contributed by atoms with Crippen molar-refractivity contribution in [3.8, 4) is 0 Å². The second-order valence-electron chi connectivity index (χ2n) is 5.04. The highest BCUT2D eigenvalue weighted by Crippen LogP contribution is 2.15. The Bertz CT molecular complexity index is 308. The molecule has 18 heavy (non-hydrogen) atoms. The van der Waals surface area contributed by atoms with Crippen molar-refractivity contribution in [2.45, 2.75) is 38.1 Å². The largest absolute Gasteiger partial charge is 0.465 e. The fraction of sp³-hybridized carbons (Fsp3) is 0.833. The van der Waals surface area contributed by atoms with Crippen LogP contribution in [0, 0.1) is 0 Å². The molecule has 2 aliphatic rings. The summed E-state index contributed by atoms with van der Waals surface area (Å²) in [6.45, 7) is 3.04. The number of rotatable bonds is 1. The number of nitrogens with one attached hydrogen (secondary N) is 1. The summed E-state index contributed by atoms with van der Waals surface area (Å²) in [4.78, 5) is 26.5. The number of carboxylic acid groups (broad SMARTS) is 1. The van der Waals surface area contributed by atoms with E-state index in [0.717, 1.165) is 25.9 Å². The van der Waals surface area contributed by atoms with Gasteiger partial charge < -0.3 is 20.2 Å². The van der Waals surface area contributed by atoms with Crippen LogP contribution in [0.3, 0.4) is 0 Å². The quantitative estimate of drug-likeness (QED) is 0.742. The molecule has 0 atom stereocenters. The number of hydrogen-bond acceptors (Lipinski definition) is 2. The molecule has 2 N–H and O–H groups in total. The van der Waals surface area contributed by atoms with Gasteiger partial charge in [-0.25, -0.2) is 9.59 Å². The minimum Gasteiger partial charge on any atom is -0.465 e. The molecule has 0 unspecified atom stereocenters. The van der Waals surface area contributed by atoms with Crippen LogP contribution < -0.4 is 5.32 Å². The van der Waals surface area contributed by atoms with Gasteiger partial charge in [0, 0.05) is 32.2 Å². The number of nitrogens with zero attached hydrogens (tertiary/aromatic N) is 2. The van der Waals surface area contributed by atoms with Crippen LogP contribution in [-0.2, 0) is 0 Å². The summed E-state index contributed by atoms with van der Waals surface area (Å²) in [6.07, 6.45) is 3.87. The predicted octanol–water partition coefficient (Wildman–Crippen LogP) is 1.32. The fourth-order valence-corrected chi connectivity index (χ4v) is 2.67. The van der Waals surface area contributed by atoms with E-state index in [0.29, 0.717) is 25.9 Å². The number of carbonyl (C=O) groups excluding carboxylic acids is 1. The predicted molar refractivity (Wildman–Crippen MR) is 66.6 cm³/mol. The number of urea groups is 1. The maximum atomic E-state index is 12.2. The van der Waals surface area contributed by atoms with Crippen LogP contribution in [0.1, 0.15) is 32.1 Å². The molecule has 2 heterocycles. The van der Waals surface area contributed by atoms with Gasteiger partial charge in [0.25, 0.3) is 0 Å². The van der Waals surface area contributed by atoms with E-state index in [1.807, 2.05) is 9.80 Å². The Morgan fingerprint density at radius 3 is 2.06 bits per heavy atom. The third-order valence-corrected chi connectivity index (χ3v) is 3.72. The van der Waals surface area contributed by atoms with Gasteiger partial charge in [-0.15, -0.1) is 0 Å². The van der Waals surface area contributed by atoms with Gasteiger partial charge >= 0.3 is 12.1 Å². The Morgan fingerprint density at radius 2 is 1.50 bits per heavy atom. The summed E-state index contributed by atoms with van der Waals surface area (Å²) >= 11 is 0. The van der Waals surface area contributed by atoms with Gasteiger partial charge in [-0.1, -0.05) is 0 Å². The van der Waals surface area contributed by atoms with E-state index in [1.165, 1.54) is 6.42 Å². The zero-order chi connectivity index (χ0) is 13.0. The molecule has 3 amide bonds. The molecule has 0 aliphatic carbocycles. The van der Waals surface area contributed by atoms with Gasteiger partial charge in [-0.2, -0.15) is 0 Å². The van der Waals surface area contributed by atoms with Crippen molar-refractivity contribution in [3.63, 3.8) is 0 Å². The van der Waals surface area contributed by atoms with E-state index in [1.54, 1.807) is 0 Å². The van der Waals surface area contributed by atoms with Crippen LogP contribution in [0.4, 0.5) is 9.59 Å². The van der Waals surface area contributed by atoms with E-state index in [2.05, 4.69) is 5.32 Å². The summed E-state index contributed by atoms with van der Waals surface area (Å²) in [5.74, 6) is 0. The smallest absolute Gasteiger partial charge is 0.404 e. The van der Waals surface area contributed by atoms with Crippen LogP contribution >= 0.6 is 0 Å². The maximum Gasteiger partial charge on any atom is 0.404 e. The van der Waals surface area contributed by atoms with E-state index in [4.69, 9.17) is 5.11 Å². The van der Waals surface area contributed by atoms with Gasteiger partial charge in [0.2, 0.25) is 0 Å². The van der Waals surface area contributed by atoms with Gasteiger partial charge in [0.15, 0.2) is 0 Å². The third-order valence-electron chi connectivity index (χ3n) is 3.72. The highest BCUT2D eigenvalue weighted by molar-refractivity contribution is 5.74. The summed E-state index contributed by atoms with van der Waals surface area (Å²) < 4.78 is 0. The molecule has 0 radical (unpaired) electrons. The van der Waals surface area contributed by atoms with Crippen LogP contribution in [0.15, 0.2) is 0 Å². The molecular formula is C12H21N3O3. The molecule has 0 aromatic heterocycles. The lowest BCUT2D eigenvalue weighted by atomic mass is 10.1. The molecule has 0 saturated carbocycles. The summed E-state index contributed by atoms with van der Waals surface area (Å²) in [5, 5.41) is 11.1. The van der Waals surface area contributed by atoms with Crippen LogP contribution in [0.25, 0.3) is 0 Å². The van der Waals surface area contributed by atoms with Gasteiger partial charge in [-0.05, 0) is 32.1 Å². The molecule has 2 fully saturated rings. The molecule has 6 nitrogen and oxygen atoms in total. The van der Waals surface area contributed by atoms with E-state index in [-0.39, 0.29) is 12.1 Å². The number of piperidine rings is 2. The van der Waals surface area contributed by atoms with Crippen LogP contribution in [0.5, 0.6) is 0 Å². The van der Waals surface area contributed by atoms with Crippen LogP contribution in [-0.4, -0.2) is 59.3 Å². The monoisotopic (exact) mass is 255 g/mol. The normalized spacial score (nSPS) is 21.8. The zero-order valence-corrected chi connectivity index (χ0v) is 10.6. The van der Waals surface area contributed by atoms with E-state index >= 15 is 0 Å². The molecule has 102 valence electrons. The number of amides is 3. The first-order chi connectivity index (χ1) is 8.66. The molecule has 0 aromatic rings. The molecule has 0 spiro atoms. The van der Waals surface area contributed by atoms with Crippen molar-refractivity contribution in [1.82, 2.24) is 15.1 Å². The first-order valence-corrected chi connectivity index (χ1v) is 6.70. The standard InChI is InChI=1S/C12H21N3O3/c16-11(17)13-10-4-8-15(9-5-10)12(18)14-6-2-1-3-7-14/h10,13H,1-9H2,(H,16,17). The Balaban J connectivity index is 1.78. The molecule has 0 aromatic carbocycles. The molecule has 2 aliphatic heterocycles. The summed E-state index contributed by atoms with van der Waals surface area (Å²) in [7, 11) is 0. The van der Waals surface area contributed by atoms with E-state index in [9.17, 15) is 9.59 Å². The Hall–Kier alpha value is -1.46. The fourth-order valence-electron chi connectivity index (χ4n) is 2.67. The lowest BCUT2D eigenvalue weighted by Gasteiger charge is -2.37. The lowest BCUT2D eigenvalue weighted by molar-refractivity contribution is 0.127. The summed E-state index contributed by atoms with van der Waals surface area (Å²) in [5.41, 5.74) is 0.